The number of nitrogens with zero attached hydrogens (tertiary/aromatic N) is 6. The van der Waals surface area contributed by atoms with E-state index in [9.17, 15) is 9.59 Å². The maximum Gasteiger partial charge on any atom is 0.327 e. The minimum atomic E-state index is -0.668. The second kappa shape index (κ2) is 9.06. The number of likely N-dealkylation sites (N-methyl/N-ethyl adjacent to an activating group) is 1. The van der Waals surface area contributed by atoms with E-state index in [0.717, 1.165) is 26.1 Å². The molecule has 1 aromatic heterocycles. The summed E-state index contributed by atoms with van der Waals surface area (Å²) in [6.07, 6.45) is 4.25. The van der Waals surface area contributed by atoms with Crippen molar-refractivity contribution in [3.05, 3.63) is 17.5 Å². The summed E-state index contributed by atoms with van der Waals surface area (Å²) in [5, 5.41) is 4.34. The molecular weight excluding hydrogens is 380 g/mol. The van der Waals surface area contributed by atoms with Crippen LogP contribution in [-0.2, 0) is 18.4 Å². The zero-order chi connectivity index (χ0) is 22.1. The van der Waals surface area contributed by atoms with E-state index in [1.54, 1.807) is 0 Å². The van der Waals surface area contributed by atoms with Crippen molar-refractivity contribution in [1.29, 1.82) is 0 Å². The highest BCUT2D eigenvalue weighted by Crippen LogP contribution is 2.38. The molecule has 0 N–H and O–H groups in total. The monoisotopic (exact) mass is 418 g/mol. The Hall–Kier alpha value is -1.93. The average molecular weight is 419 g/mol. The molecule has 0 unspecified atom stereocenters. The van der Waals surface area contributed by atoms with Gasteiger partial charge in [0.1, 0.15) is 5.54 Å². The molecule has 8 nitrogen and oxygen atoms in total. The van der Waals surface area contributed by atoms with Crippen molar-refractivity contribution in [3.63, 3.8) is 0 Å². The first-order valence-corrected chi connectivity index (χ1v) is 11.1. The second-order valence-corrected chi connectivity index (χ2v) is 9.56. The summed E-state index contributed by atoms with van der Waals surface area (Å²) in [7, 11) is 5.90. The van der Waals surface area contributed by atoms with E-state index in [4.69, 9.17) is 0 Å². The third-order valence-corrected chi connectivity index (χ3v) is 6.74. The number of carbonyl (C=O) groups is 2. The summed E-state index contributed by atoms with van der Waals surface area (Å²) >= 11 is 0. The van der Waals surface area contributed by atoms with Crippen LogP contribution in [-0.4, -0.2) is 93.7 Å². The van der Waals surface area contributed by atoms with Gasteiger partial charge in [-0.15, -0.1) is 0 Å². The van der Waals surface area contributed by atoms with Crippen LogP contribution in [0.2, 0.25) is 0 Å². The van der Waals surface area contributed by atoms with Gasteiger partial charge in [-0.05, 0) is 46.2 Å². The lowest BCUT2D eigenvalue weighted by Crippen LogP contribution is -2.56. The molecule has 0 saturated carbocycles. The minimum absolute atomic E-state index is 0.00955. The molecule has 0 atom stereocenters. The van der Waals surface area contributed by atoms with Crippen LogP contribution >= 0.6 is 0 Å². The number of rotatable bonds is 8. The first-order valence-electron chi connectivity index (χ1n) is 11.1. The fourth-order valence-electron chi connectivity index (χ4n) is 4.48. The molecule has 3 amide bonds. The van der Waals surface area contributed by atoms with Gasteiger partial charge in [0, 0.05) is 57.6 Å². The second-order valence-electron chi connectivity index (χ2n) is 9.56. The number of amides is 3. The number of hydrogen-bond acceptors (Lipinski definition) is 5. The van der Waals surface area contributed by atoms with Crippen molar-refractivity contribution in [2.24, 2.45) is 13.0 Å². The van der Waals surface area contributed by atoms with Crippen LogP contribution < -0.4 is 0 Å². The number of aryl methyl sites for hydroxylation is 1. The van der Waals surface area contributed by atoms with E-state index >= 15 is 0 Å². The lowest BCUT2D eigenvalue weighted by atomic mass is 9.85. The largest absolute Gasteiger partial charge is 0.327 e. The van der Waals surface area contributed by atoms with Crippen molar-refractivity contribution in [2.45, 2.75) is 52.1 Å². The zero-order valence-corrected chi connectivity index (χ0v) is 19.5. The molecule has 3 rings (SSSR count). The number of likely N-dealkylation sites (tertiary alicyclic amines) is 1. The normalized spacial score (nSPS) is 19.9. The molecule has 2 aliphatic heterocycles. The number of imide groups is 1. The number of hydrogen-bond donors (Lipinski definition) is 0. The van der Waals surface area contributed by atoms with Gasteiger partial charge in [-0.3, -0.25) is 19.3 Å². The van der Waals surface area contributed by atoms with Gasteiger partial charge in [-0.25, -0.2) is 4.79 Å². The molecular formula is C22H38N6O2. The SMILES string of the molecule is Cc1c(CN2CCC3(CC2)C(=O)N(CCN(C)C)C(=O)N3CCC(C)C)cnn1C. The topological polar surface area (TPSA) is 64.9 Å². The lowest BCUT2D eigenvalue weighted by Gasteiger charge is -2.42. The average Bonchev–Trinajstić information content (AvgIpc) is 3.09. The van der Waals surface area contributed by atoms with Gasteiger partial charge in [-0.1, -0.05) is 13.8 Å². The van der Waals surface area contributed by atoms with Gasteiger partial charge < -0.3 is 9.80 Å². The van der Waals surface area contributed by atoms with Crippen LogP contribution in [0.3, 0.4) is 0 Å². The van der Waals surface area contributed by atoms with Crippen LogP contribution in [0.25, 0.3) is 0 Å². The standard InChI is InChI=1S/C22H38N6O2/c1-17(2)7-10-28-21(30)27(14-13-24(4)5)20(29)22(28)8-11-26(12-9-22)16-19-15-23-25(6)18(19)3/h15,17H,7-14,16H2,1-6H3. The van der Waals surface area contributed by atoms with Crippen molar-refractivity contribution < 1.29 is 9.59 Å². The van der Waals surface area contributed by atoms with E-state index in [1.165, 1.54) is 16.2 Å². The predicted molar refractivity (Wildman–Crippen MR) is 117 cm³/mol. The number of urea groups is 1. The highest BCUT2D eigenvalue weighted by molar-refractivity contribution is 6.07. The first kappa shape index (κ1) is 22.7. The van der Waals surface area contributed by atoms with Crippen LogP contribution in [0, 0.1) is 12.8 Å². The van der Waals surface area contributed by atoms with Gasteiger partial charge in [0.25, 0.3) is 5.91 Å². The smallest absolute Gasteiger partial charge is 0.309 e. The minimum Gasteiger partial charge on any atom is -0.309 e. The van der Waals surface area contributed by atoms with E-state index in [0.29, 0.717) is 38.4 Å². The number of carbonyl (C=O) groups excluding carboxylic acids is 2. The number of aromatic nitrogens is 2. The van der Waals surface area contributed by atoms with E-state index in [2.05, 4.69) is 30.8 Å². The van der Waals surface area contributed by atoms with Crippen molar-refractivity contribution >= 4 is 11.9 Å². The first-order chi connectivity index (χ1) is 14.2. The van der Waals surface area contributed by atoms with Crippen molar-refractivity contribution in [3.8, 4) is 0 Å². The summed E-state index contributed by atoms with van der Waals surface area (Å²) < 4.78 is 1.90. The Bertz CT molecular complexity index is 764. The molecule has 2 saturated heterocycles. The van der Waals surface area contributed by atoms with Gasteiger partial charge in [0.15, 0.2) is 0 Å². The Morgan fingerprint density at radius 3 is 2.37 bits per heavy atom. The van der Waals surface area contributed by atoms with Crippen LogP contribution in [0.4, 0.5) is 4.79 Å². The summed E-state index contributed by atoms with van der Waals surface area (Å²) in [5.74, 6) is 0.504. The lowest BCUT2D eigenvalue weighted by molar-refractivity contribution is -0.135. The van der Waals surface area contributed by atoms with Crippen LogP contribution in [0.5, 0.6) is 0 Å². The molecule has 2 aliphatic rings. The molecule has 2 fully saturated rings. The molecule has 1 spiro atoms. The van der Waals surface area contributed by atoms with Crippen LogP contribution in [0.1, 0.15) is 44.4 Å². The third kappa shape index (κ3) is 4.39. The predicted octanol–water partition coefficient (Wildman–Crippen LogP) is 1.94. The van der Waals surface area contributed by atoms with Crippen molar-refractivity contribution in [1.82, 2.24) is 29.4 Å². The Balaban J connectivity index is 1.74. The van der Waals surface area contributed by atoms with E-state index in [-0.39, 0.29) is 11.9 Å². The summed E-state index contributed by atoms with van der Waals surface area (Å²) in [6.45, 7) is 10.7. The summed E-state index contributed by atoms with van der Waals surface area (Å²) in [5.41, 5.74) is 1.74. The third-order valence-electron chi connectivity index (χ3n) is 6.74. The fraction of sp³-hybridized carbons (Fsp3) is 0.773. The van der Waals surface area contributed by atoms with Gasteiger partial charge in [-0.2, -0.15) is 5.10 Å². The van der Waals surface area contributed by atoms with E-state index in [1.807, 2.05) is 41.8 Å². The quantitative estimate of drug-likeness (QED) is 0.604. The summed E-state index contributed by atoms with van der Waals surface area (Å²) in [6, 6.07) is -0.0981. The van der Waals surface area contributed by atoms with Crippen molar-refractivity contribution in [2.75, 3.05) is 46.8 Å². The maximum absolute atomic E-state index is 13.5. The molecule has 30 heavy (non-hydrogen) atoms. The molecule has 0 radical (unpaired) electrons. The summed E-state index contributed by atoms with van der Waals surface area (Å²) in [4.78, 5) is 34.5. The van der Waals surface area contributed by atoms with Gasteiger partial charge in [0.05, 0.1) is 6.20 Å². The maximum atomic E-state index is 13.5. The molecule has 0 aromatic carbocycles. The molecule has 1 aromatic rings. The Kier molecular flexibility index (Phi) is 6.87. The molecule has 0 aliphatic carbocycles. The zero-order valence-electron chi connectivity index (χ0n) is 19.5. The fourth-order valence-corrected chi connectivity index (χ4v) is 4.48. The Morgan fingerprint density at radius 2 is 1.83 bits per heavy atom. The highest BCUT2D eigenvalue weighted by atomic mass is 16.2. The molecule has 3 heterocycles. The molecule has 168 valence electrons. The van der Waals surface area contributed by atoms with Gasteiger partial charge in [0.2, 0.25) is 0 Å². The molecule has 0 bridgehead atoms. The van der Waals surface area contributed by atoms with Gasteiger partial charge >= 0.3 is 6.03 Å². The highest BCUT2D eigenvalue weighted by Gasteiger charge is 2.57. The van der Waals surface area contributed by atoms with E-state index < -0.39 is 5.54 Å². The van der Waals surface area contributed by atoms with Crippen LogP contribution in [0.15, 0.2) is 6.20 Å². The Morgan fingerprint density at radius 1 is 1.17 bits per heavy atom. The Labute approximate surface area is 180 Å². The number of piperidine rings is 1. The molecule has 8 heteroatoms.